The van der Waals surface area contributed by atoms with Gasteiger partial charge in [-0.05, 0) is 12.8 Å². The second-order valence-electron chi connectivity index (χ2n) is 5.58. The summed E-state index contributed by atoms with van der Waals surface area (Å²) < 4.78 is 0. The molecule has 0 spiro atoms. The molecule has 0 fully saturated rings. The van der Waals surface area contributed by atoms with E-state index in [0.29, 0.717) is 6.42 Å². The third-order valence-electron chi connectivity index (χ3n) is 3.59. The molecule has 2 atom stereocenters. The minimum Gasteiger partial charge on any atom is -0.480 e. The van der Waals surface area contributed by atoms with Crippen LogP contribution in [-0.4, -0.2) is 22.6 Å². The molecule has 0 saturated carbocycles. The molecule has 0 aromatic heterocycles. The molecule has 0 rings (SSSR count). The second kappa shape index (κ2) is 13.7. The summed E-state index contributed by atoms with van der Waals surface area (Å²) in [5, 5.41) is 12.2. The van der Waals surface area contributed by atoms with Gasteiger partial charge in [0.15, 0.2) is 0 Å². The predicted molar refractivity (Wildman–Crippen MR) is 86.3 cm³/mol. The van der Waals surface area contributed by atoms with Crippen molar-refractivity contribution in [3.8, 4) is 0 Å². The molecule has 20 heavy (non-hydrogen) atoms. The van der Waals surface area contributed by atoms with Gasteiger partial charge in [0.2, 0.25) is 0 Å². The van der Waals surface area contributed by atoms with E-state index in [9.17, 15) is 9.90 Å². The van der Waals surface area contributed by atoms with Crippen LogP contribution in [0.4, 0.5) is 0 Å². The average molecular weight is 306 g/mol. The number of hydrogen-bond donors (Lipinski definition) is 2. The SMILES string of the molecule is CCCCCCCC(Cl)NC(CCCCCC)C(=O)O. The van der Waals surface area contributed by atoms with Crippen LogP contribution in [0.2, 0.25) is 0 Å². The Hall–Kier alpha value is -0.280. The maximum absolute atomic E-state index is 11.2. The highest BCUT2D eigenvalue weighted by molar-refractivity contribution is 6.20. The highest BCUT2D eigenvalue weighted by Crippen LogP contribution is 2.12. The molecule has 0 heterocycles. The molecule has 0 aliphatic heterocycles. The Morgan fingerprint density at radius 3 is 2.00 bits per heavy atom. The molecule has 0 bridgehead atoms. The van der Waals surface area contributed by atoms with Gasteiger partial charge in [0.05, 0.1) is 5.50 Å². The molecular formula is C16H32ClNO2. The summed E-state index contributed by atoms with van der Waals surface area (Å²) in [5.41, 5.74) is -0.219. The van der Waals surface area contributed by atoms with Crippen LogP contribution in [0.25, 0.3) is 0 Å². The zero-order chi connectivity index (χ0) is 15.2. The lowest BCUT2D eigenvalue weighted by Gasteiger charge is -2.18. The third kappa shape index (κ3) is 11.5. The first kappa shape index (κ1) is 19.7. The van der Waals surface area contributed by atoms with Gasteiger partial charge in [-0.2, -0.15) is 0 Å². The molecule has 0 radical (unpaired) electrons. The third-order valence-corrected chi connectivity index (χ3v) is 3.93. The number of unbranched alkanes of at least 4 members (excludes halogenated alkanes) is 7. The smallest absolute Gasteiger partial charge is 0.320 e. The van der Waals surface area contributed by atoms with Crippen LogP contribution < -0.4 is 5.32 Å². The van der Waals surface area contributed by atoms with Crippen molar-refractivity contribution in [3.63, 3.8) is 0 Å². The molecule has 0 aliphatic carbocycles. The molecule has 3 nitrogen and oxygen atoms in total. The van der Waals surface area contributed by atoms with Gasteiger partial charge in [0.25, 0.3) is 0 Å². The summed E-state index contributed by atoms with van der Waals surface area (Å²) in [7, 11) is 0. The fourth-order valence-corrected chi connectivity index (χ4v) is 2.59. The van der Waals surface area contributed by atoms with Gasteiger partial charge in [-0.25, -0.2) is 0 Å². The number of carbonyl (C=O) groups is 1. The molecule has 0 aliphatic rings. The quantitative estimate of drug-likeness (QED) is 0.272. The Labute approximate surface area is 129 Å². The molecule has 4 heteroatoms. The molecule has 0 amide bonds. The Morgan fingerprint density at radius 1 is 0.950 bits per heavy atom. The van der Waals surface area contributed by atoms with Crippen LogP contribution in [0.1, 0.15) is 84.5 Å². The first-order valence-corrected chi connectivity index (χ1v) is 8.68. The zero-order valence-electron chi connectivity index (χ0n) is 13.2. The van der Waals surface area contributed by atoms with E-state index in [1.165, 1.54) is 38.5 Å². The van der Waals surface area contributed by atoms with Gasteiger partial charge < -0.3 is 5.11 Å². The van der Waals surface area contributed by atoms with Crippen LogP contribution in [0.3, 0.4) is 0 Å². The van der Waals surface area contributed by atoms with E-state index in [4.69, 9.17) is 11.6 Å². The normalized spacial score (nSPS) is 14.2. The van der Waals surface area contributed by atoms with Crippen molar-refractivity contribution in [2.24, 2.45) is 0 Å². The fraction of sp³-hybridized carbons (Fsp3) is 0.938. The molecule has 0 saturated heterocycles. The minimum absolute atomic E-state index is 0.219. The number of hydrogen-bond acceptors (Lipinski definition) is 2. The Balaban J connectivity index is 3.78. The van der Waals surface area contributed by atoms with Crippen molar-refractivity contribution in [2.75, 3.05) is 0 Å². The van der Waals surface area contributed by atoms with Crippen molar-refractivity contribution in [2.45, 2.75) is 96.0 Å². The van der Waals surface area contributed by atoms with E-state index in [1.807, 2.05) is 0 Å². The lowest BCUT2D eigenvalue weighted by molar-refractivity contribution is -0.139. The van der Waals surface area contributed by atoms with Gasteiger partial charge in [-0.3, -0.25) is 10.1 Å². The summed E-state index contributed by atoms with van der Waals surface area (Å²) in [6.45, 7) is 4.35. The first-order chi connectivity index (χ1) is 9.61. The van der Waals surface area contributed by atoms with Gasteiger partial charge in [0, 0.05) is 0 Å². The molecule has 0 aromatic rings. The molecule has 0 aromatic carbocycles. The highest BCUT2D eigenvalue weighted by atomic mass is 35.5. The summed E-state index contributed by atoms with van der Waals surface area (Å²) in [6, 6.07) is -0.495. The molecular weight excluding hydrogens is 274 g/mol. The maximum Gasteiger partial charge on any atom is 0.320 e. The van der Waals surface area contributed by atoms with Crippen LogP contribution in [0.15, 0.2) is 0 Å². The average Bonchev–Trinajstić information content (AvgIpc) is 2.41. The Morgan fingerprint density at radius 2 is 1.45 bits per heavy atom. The topological polar surface area (TPSA) is 49.3 Å². The maximum atomic E-state index is 11.2. The van der Waals surface area contributed by atoms with Crippen molar-refractivity contribution in [1.82, 2.24) is 5.32 Å². The Bertz CT molecular complexity index is 237. The van der Waals surface area contributed by atoms with Gasteiger partial charge in [-0.15, -0.1) is 11.6 Å². The summed E-state index contributed by atoms with van der Waals surface area (Å²) in [6.07, 6.45) is 11.9. The number of halogens is 1. The molecule has 2 unspecified atom stereocenters. The largest absolute Gasteiger partial charge is 0.480 e. The first-order valence-electron chi connectivity index (χ1n) is 8.24. The lowest BCUT2D eigenvalue weighted by atomic mass is 10.1. The second-order valence-corrected chi connectivity index (χ2v) is 6.10. The molecule has 120 valence electrons. The number of rotatable bonds is 14. The summed E-state index contributed by atoms with van der Waals surface area (Å²) >= 11 is 6.20. The number of aliphatic carboxylic acids is 1. The van der Waals surface area contributed by atoms with Crippen LogP contribution >= 0.6 is 11.6 Å². The van der Waals surface area contributed by atoms with E-state index in [2.05, 4.69) is 19.2 Å². The van der Waals surface area contributed by atoms with E-state index in [0.717, 1.165) is 25.7 Å². The molecule has 2 N–H and O–H groups in total. The van der Waals surface area contributed by atoms with Gasteiger partial charge in [0.1, 0.15) is 6.04 Å². The Kier molecular flexibility index (Phi) is 13.5. The highest BCUT2D eigenvalue weighted by Gasteiger charge is 2.19. The van der Waals surface area contributed by atoms with Crippen molar-refractivity contribution in [3.05, 3.63) is 0 Å². The number of carboxylic acid groups (broad SMARTS) is 1. The van der Waals surface area contributed by atoms with Crippen molar-refractivity contribution < 1.29 is 9.90 Å². The standard InChI is InChI=1S/C16H32ClNO2/c1-3-5-7-9-11-13-15(17)18-14(16(19)20)12-10-8-6-4-2/h14-15,18H,3-13H2,1-2H3,(H,19,20). The van der Waals surface area contributed by atoms with Crippen LogP contribution in [-0.2, 0) is 4.79 Å². The van der Waals surface area contributed by atoms with Crippen LogP contribution in [0.5, 0.6) is 0 Å². The predicted octanol–water partition coefficient (Wildman–Crippen LogP) is 4.93. The van der Waals surface area contributed by atoms with E-state index >= 15 is 0 Å². The fourth-order valence-electron chi connectivity index (χ4n) is 2.28. The summed E-state index contributed by atoms with van der Waals surface area (Å²) in [4.78, 5) is 11.2. The monoisotopic (exact) mass is 305 g/mol. The van der Waals surface area contributed by atoms with Crippen molar-refractivity contribution in [1.29, 1.82) is 0 Å². The number of nitrogens with one attached hydrogen (secondary N) is 1. The van der Waals surface area contributed by atoms with E-state index < -0.39 is 12.0 Å². The minimum atomic E-state index is -0.780. The van der Waals surface area contributed by atoms with Crippen molar-refractivity contribution >= 4 is 17.6 Å². The van der Waals surface area contributed by atoms with E-state index in [-0.39, 0.29) is 5.50 Å². The van der Waals surface area contributed by atoms with Gasteiger partial charge >= 0.3 is 5.97 Å². The number of carboxylic acids is 1. The summed E-state index contributed by atoms with van der Waals surface area (Å²) in [5.74, 6) is -0.780. The van der Waals surface area contributed by atoms with Crippen LogP contribution in [0, 0.1) is 0 Å². The zero-order valence-corrected chi connectivity index (χ0v) is 13.9. The number of alkyl halides is 1. The lowest BCUT2D eigenvalue weighted by Crippen LogP contribution is -2.41. The van der Waals surface area contributed by atoms with Gasteiger partial charge in [-0.1, -0.05) is 71.6 Å². The van der Waals surface area contributed by atoms with E-state index in [1.54, 1.807) is 0 Å².